The van der Waals surface area contributed by atoms with E-state index in [1.807, 2.05) is 42.5 Å². The van der Waals surface area contributed by atoms with Crippen LogP contribution < -0.4 is 5.32 Å². The van der Waals surface area contributed by atoms with E-state index in [1.54, 1.807) is 12.1 Å². The van der Waals surface area contributed by atoms with Crippen LogP contribution in [-0.2, 0) is 4.79 Å². The van der Waals surface area contributed by atoms with Crippen LogP contribution >= 0.6 is 11.8 Å². The number of rotatable bonds is 6. The van der Waals surface area contributed by atoms with Crippen LogP contribution in [0.4, 0.5) is 11.4 Å². The number of nitrogens with one attached hydrogen (secondary N) is 1. The number of anilines is 1. The predicted octanol–water partition coefficient (Wildman–Crippen LogP) is 4.53. The van der Waals surface area contributed by atoms with E-state index >= 15 is 0 Å². The maximum Gasteiger partial charge on any atom is 0.277 e. The van der Waals surface area contributed by atoms with Crippen molar-refractivity contribution < 1.29 is 14.1 Å². The number of fused-ring (bicyclic) bond motifs is 1. The molecule has 1 aromatic heterocycles. The third-order valence-electron chi connectivity index (χ3n) is 4.10. The highest BCUT2D eigenvalue weighted by Gasteiger charge is 2.14. The summed E-state index contributed by atoms with van der Waals surface area (Å²) in [5.74, 6) is 0.0342. The molecule has 0 unspecified atom stereocenters. The van der Waals surface area contributed by atoms with Crippen LogP contribution in [0.1, 0.15) is 0 Å². The summed E-state index contributed by atoms with van der Waals surface area (Å²) in [5.41, 5.74) is 1.11. The number of amides is 1. The monoisotopic (exact) mass is 406 g/mol. The molecule has 0 atom stereocenters. The normalized spacial score (nSPS) is 10.8. The fourth-order valence-electron chi connectivity index (χ4n) is 2.79. The first-order chi connectivity index (χ1) is 14.1. The largest absolute Gasteiger partial charge is 0.411 e. The van der Waals surface area contributed by atoms with Crippen molar-refractivity contribution in [3.05, 3.63) is 76.8 Å². The molecule has 0 aliphatic carbocycles. The highest BCUT2D eigenvalue weighted by molar-refractivity contribution is 7.99. The van der Waals surface area contributed by atoms with Crippen LogP contribution in [0.2, 0.25) is 0 Å². The first-order valence-electron chi connectivity index (χ1n) is 8.59. The molecule has 1 amide bonds. The summed E-state index contributed by atoms with van der Waals surface area (Å²) in [6.45, 7) is 0. The van der Waals surface area contributed by atoms with Crippen molar-refractivity contribution >= 4 is 39.8 Å². The van der Waals surface area contributed by atoms with Crippen LogP contribution in [-0.4, -0.2) is 26.8 Å². The summed E-state index contributed by atoms with van der Waals surface area (Å²) < 4.78 is 5.51. The number of nitro benzene ring substituents is 1. The first kappa shape index (κ1) is 18.6. The molecule has 0 aliphatic rings. The van der Waals surface area contributed by atoms with Crippen molar-refractivity contribution in [1.29, 1.82) is 0 Å². The molecule has 29 heavy (non-hydrogen) atoms. The van der Waals surface area contributed by atoms with Crippen LogP contribution in [0.15, 0.2) is 76.4 Å². The minimum atomic E-state index is -0.493. The Kier molecular flexibility index (Phi) is 5.21. The van der Waals surface area contributed by atoms with Crippen LogP contribution in [0.3, 0.4) is 0 Å². The lowest BCUT2D eigenvalue weighted by Crippen LogP contribution is -2.14. The lowest BCUT2D eigenvalue weighted by Gasteiger charge is -2.07. The summed E-state index contributed by atoms with van der Waals surface area (Å²) in [6, 6.07) is 19.4. The fourth-order valence-corrected chi connectivity index (χ4v) is 3.35. The standard InChI is InChI=1S/C20H14N4O4S/c25-18(21-17-10-4-6-13-5-1-2-9-16(13)17)12-29-20-23-22-19(28-20)14-7-3-8-15(11-14)24(26)27/h1-11H,12H2,(H,21,25). The second-order valence-electron chi connectivity index (χ2n) is 6.04. The molecule has 4 rings (SSSR count). The van der Waals surface area contributed by atoms with Crippen molar-refractivity contribution in [3.63, 3.8) is 0 Å². The average molecular weight is 406 g/mol. The van der Waals surface area contributed by atoms with Gasteiger partial charge in [0.2, 0.25) is 11.8 Å². The van der Waals surface area contributed by atoms with Crippen molar-refractivity contribution in [2.45, 2.75) is 5.22 Å². The van der Waals surface area contributed by atoms with Gasteiger partial charge in [0.1, 0.15) is 0 Å². The number of nitrogens with zero attached hydrogens (tertiary/aromatic N) is 3. The van der Waals surface area contributed by atoms with Gasteiger partial charge >= 0.3 is 0 Å². The zero-order valence-electron chi connectivity index (χ0n) is 14.9. The summed E-state index contributed by atoms with van der Waals surface area (Å²) in [4.78, 5) is 22.7. The second kappa shape index (κ2) is 8.11. The third-order valence-corrected chi connectivity index (χ3v) is 4.92. The van der Waals surface area contributed by atoms with E-state index in [-0.39, 0.29) is 28.5 Å². The highest BCUT2D eigenvalue weighted by atomic mass is 32.2. The Morgan fingerprint density at radius 1 is 1.07 bits per heavy atom. The van der Waals surface area contributed by atoms with Gasteiger partial charge in [0, 0.05) is 28.8 Å². The Morgan fingerprint density at radius 3 is 2.72 bits per heavy atom. The van der Waals surface area contributed by atoms with E-state index in [1.165, 1.54) is 12.1 Å². The number of nitro groups is 1. The summed E-state index contributed by atoms with van der Waals surface area (Å²) in [7, 11) is 0. The first-order valence-corrected chi connectivity index (χ1v) is 9.57. The van der Waals surface area contributed by atoms with Gasteiger partial charge in [-0.2, -0.15) is 0 Å². The predicted molar refractivity (Wildman–Crippen MR) is 110 cm³/mol. The number of carbonyl (C=O) groups excluding carboxylic acids is 1. The van der Waals surface area contributed by atoms with Gasteiger partial charge in [0.25, 0.3) is 10.9 Å². The van der Waals surface area contributed by atoms with E-state index < -0.39 is 4.92 Å². The van der Waals surface area contributed by atoms with Gasteiger partial charge in [0.15, 0.2) is 0 Å². The van der Waals surface area contributed by atoms with E-state index in [2.05, 4.69) is 15.5 Å². The molecule has 4 aromatic rings. The fraction of sp³-hybridized carbons (Fsp3) is 0.0500. The van der Waals surface area contributed by atoms with E-state index in [0.29, 0.717) is 5.56 Å². The summed E-state index contributed by atoms with van der Waals surface area (Å²) in [6.07, 6.45) is 0. The maximum absolute atomic E-state index is 12.3. The van der Waals surface area contributed by atoms with E-state index in [4.69, 9.17) is 4.42 Å². The van der Waals surface area contributed by atoms with Crippen LogP contribution in [0.25, 0.3) is 22.2 Å². The molecule has 0 saturated carbocycles. The molecule has 0 saturated heterocycles. The molecule has 0 radical (unpaired) electrons. The van der Waals surface area contributed by atoms with Gasteiger partial charge in [-0.3, -0.25) is 14.9 Å². The second-order valence-corrected chi connectivity index (χ2v) is 6.97. The van der Waals surface area contributed by atoms with Gasteiger partial charge in [-0.15, -0.1) is 10.2 Å². The Bertz CT molecular complexity index is 1200. The summed E-state index contributed by atoms with van der Waals surface area (Å²) in [5, 5.41) is 23.8. The smallest absolute Gasteiger partial charge is 0.277 e. The third kappa shape index (κ3) is 4.25. The maximum atomic E-state index is 12.3. The quantitative estimate of drug-likeness (QED) is 0.284. The Hall–Kier alpha value is -3.72. The van der Waals surface area contributed by atoms with Gasteiger partial charge in [-0.05, 0) is 17.5 Å². The van der Waals surface area contributed by atoms with Crippen molar-refractivity contribution in [1.82, 2.24) is 10.2 Å². The Morgan fingerprint density at radius 2 is 1.86 bits per heavy atom. The number of aromatic nitrogens is 2. The summed E-state index contributed by atoms with van der Waals surface area (Å²) >= 11 is 1.09. The van der Waals surface area contributed by atoms with E-state index in [9.17, 15) is 14.9 Å². The molecule has 0 spiro atoms. The number of hydrogen-bond acceptors (Lipinski definition) is 7. The van der Waals surface area contributed by atoms with Gasteiger partial charge < -0.3 is 9.73 Å². The van der Waals surface area contributed by atoms with Gasteiger partial charge in [-0.1, -0.05) is 54.2 Å². The van der Waals surface area contributed by atoms with Crippen LogP contribution in [0.5, 0.6) is 0 Å². The van der Waals surface area contributed by atoms with Crippen molar-refractivity contribution in [2.75, 3.05) is 11.1 Å². The Balaban J connectivity index is 1.41. The molecule has 3 aromatic carbocycles. The topological polar surface area (TPSA) is 111 Å². The number of non-ortho nitro benzene ring substituents is 1. The number of thioether (sulfide) groups is 1. The molecule has 0 fully saturated rings. The minimum absolute atomic E-state index is 0.0654. The highest BCUT2D eigenvalue weighted by Crippen LogP contribution is 2.27. The Labute approximate surface area is 169 Å². The molecular formula is C20H14N4O4S. The number of benzene rings is 3. The lowest BCUT2D eigenvalue weighted by molar-refractivity contribution is -0.384. The average Bonchev–Trinajstić information content (AvgIpc) is 3.22. The molecule has 1 heterocycles. The molecule has 0 aliphatic heterocycles. The number of carbonyl (C=O) groups is 1. The minimum Gasteiger partial charge on any atom is -0.411 e. The van der Waals surface area contributed by atoms with Crippen molar-refractivity contribution in [3.8, 4) is 11.5 Å². The van der Waals surface area contributed by atoms with Gasteiger partial charge in [0.05, 0.1) is 10.7 Å². The zero-order chi connectivity index (χ0) is 20.2. The van der Waals surface area contributed by atoms with Crippen molar-refractivity contribution in [2.24, 2.45) is 0 Å². The molecular weight excluding hydrogens is 392 g/mol. The van der Waals surface area contributed by atoms with E-state index in [0.717, 1.165) is 28.2 Å². The SMILES string of the molecule is O=C(CSc1nnc(-c2cccc([N+](=O)[O-])c2)o1)Nc1cccc2ccccc12. The molecule has 0 bridgehead atoms. The molecule has 9 heteroatoms. The molecule has 144 valence electrons. The van der Waals surface area contributed by atoms with Crippen LogP contribution in [0, 0.1) is 10.1 Å². The van der Waals surface area contributed by atoms with Gasteiger partial charge in [-0.25, -0.2) is 0 Å². The zero-order valence-corrected chi connectivity index (χ0v) is 15.8. The molecule has 1 N–H and O–H groups in total. The molecule has 8 nitrogen and oxygen atoms in total. The lowest BCUT2D eigenvalue weighted by atomic mass is 10.1. The number of hydrogen-bond donors (Lipinski definition) is 1.